The van der Waals surface area contributed by atoms with Crippen molar-refractivity contribution in [1.29, 1.82) is 0 Å². The van der Waals surface area contributed by atoms with Gasteiger partial charge in [0, 0.05) is 43.8 Å². The highest BCUT2D eigenvalue weighted by Gasteiger charge is 2.19. The highest BCUT2D eigenvalue weighted by atomic mass is 35.5. The largest absolute Gasteiger partial charge is 0.497 e. The van der Waals surface area contributed by atoms with Crippen LogP contribution in [0.5, 0.6) is 5.75 Å². The Morgan fingerprint density at radius 3 is 2.31 bits per heavy atom. The van der Waals surface area contributed by atoms with E-state index in [-0.39, 0.29) is 5.91 Å². The Hall–Kier alpha value is -2.30. The third kappa shape index (κ3) is 5.10. The van der Waals surface area contributed by atoms with E-state index in [0.29, 0.717) is 5.02 Å². The molecule has 0 bridgehead atoms. The van der Waals surface area contributed by atoms with Crippen LogP contribution in [-0.4, -0.2) is 49.0 Å². The molecule has 1 heterocycles. The summed E-state index contributed by atoms with van der Waals surface area (Å²) in [6.07, 6.45) is 3.48. The molecule has 26 heavy (non-hydrogen) atoms. The van der Waals surface area contributed by atoms with Crippen LogP contribution in [0.25, 0.3) is 6.08 Å². The lowest BCUT2D eigenvalue weighted by atomic mass is 10.2. The van der Waals surface area contributed by atoms with Crippen molar-refractivity contribution in [2.45, 2.75) is 6.54 Å². The predicted octanol–water partition coefficient (Wildman–Crippen LogP) is 3.71. The Bertz CT molecular complexity index is 749. The Labute approximate surface area is 159 Å². The lowest BCUT2D eigenvalue weighted by Crippen LogP contribution is -2.47. The zero-order valence-electron chi connectivity index (χ0n) is 14.9. The second kappa shape index (κ2) is 8.88. The first kappa shape index (κ1) is 18.5. The minimum Gasteiger partial charge on any atom is -0.497 e. The molecule has 136 valence electrons. The number of carbonyl (C=O) groups is 1. The van der Waals surface area contributed by atoms with E-state index in [1.807, 2.05) is 47.4 Å². The van der Waals surface area contributed by atoms with Gasteiger partial charge in [-0.2, -0.15) is 0 Å². The topological polar surface area (TPSA) is 32.8 Å². The summed E-state index contributed by atoms with van der Waals surface area (Å²) in [5.41, 5.74) is 2.23. The zero-order chi connectivity index (χ0) is 18.4. The van der Waals surface area contributed by atoms with Crippen molar-refractivity contribution in [2.24, 2.45) is 0 Å². The second-order valence-corrected chi connectivity index (χ2v) is 6.77. The maximum atomic E-state index is 12.4. The molecule has 0 aromatic heterocycles. The lowest BCUT2D eigenvalue weighted by molar-refractivity contribution is -0.127. The second-order valence-electron chi connectivity index (χ2n) is 6.33. The summed E-state index contributed by atoms with van der Waals surface area (Å²) in [7, 11) is 1.67. The number of amides is 1. The lowest BCUT2D eigenvalue weighted by Gasteiger charge is -2.34. The summed E-state index contributed by atoms with van der Waals surface area (Å²) >= 11 is 5.87. The number of halogens is 1. The van der Waals surface area contributed by atoms with E-state index in [1.54, 1.807) is 13.2 Å². The summed E-state index contributed by atoms with van der Waals surface area (Å²) in [5.74, 6) is 0.931. The van der Waals surface area contributed by atoms with Crippen LogP contribution >= 0.6 is 11.6 Å². The number of hydrogen-bond acceptors (Lipinski definition) is 3. The van der Waals surface area contributed by atoms with Crippen LogP contribution in [0, 0.1) is 0 Å². The number of rotatable bonds is 5. The number of hydrogen-bond donors (Lipinski definition) is 0. The summed E-state index contributed by atoms with van der Waals surface area (Å²) < 4.78 is 5.19. The Balaban J connectivity index is 1.47. The molecule has 0 unspecified atom stereocenters. The minimum atomic E-state index is 0.0593. The normalized spacial score (nSPS) is 15.4. The van der Waals surface area contributed by atoms with E-state index in [9.17, 15) is 4.79 Å². The van der Waals surface area contributed by atoms with Crippen molar-refractivity contribution in [2.75, 3.05) is 33.3 Å². The van der Waals surface area contributed by atoms with Crippen LogP contribution in [-0.2, 0) is 11.3 Å². The number of piperazine rings is 1. The first-order valence-corrected chi connectivity index (χ1v) is 9.10. The summed E-state index contributed by atoms with van der Waals surface area (Å²) in [5, 5.41) is 0.696. The Kier molecular flexibility index (Phi) is 6.31. The number of methoxy groups -OCH3 is 1. The van der Waals surface area contributed by atoms with Gasteiger partial charge in [-0.25, -0.2) is 0 Å². The van der Waals surface area contributed by atoms with Crippen molar-refractivity contribution in [3.8, 4) is 5.75 Å². The standard InChI is InChI=1S/C21H23ClN2O2/c1-26-20-9-4-18(5-10-20)16-23-12-14-24(15-13-23)21(25)11-6-17-2-7-19(22)8-3-17/h2-11H,12-16H2,1H3/b11-6+. The average Bonchev–Trinajstić information content (AvgIpc) is 2.68. The van der Waals surface area contributed by atoms with Gasteiger partial charge in [0.15, 0.2) is 0 Å². The third-order valence-electron chi connectivity index (χ3n) is 4.54. The van der Waals surface area contributed by atoms with E-state index < -0.39 is 0 Å². The molecule has 2 aromatic rings. The van der Waals surface area contributed by atoms with Crippen molar-refractivity contribution in [1.82, 2.24) is 9.80 Å². The molecule has 0 spiro atoms. The van der Waals surface area contributed by atoms with Crippen molar-refractivity contribution in [3.05, 3.63) is 70.8 Å². The van der Waals surface area contributed by atoms with Gasteiger partial charge in [-0.1, -0.05) is 35.9 Å². The van der Waals surface area contributed by atoms with E-state index in [1.165, 1.54) is 5.56 Å². The maximum Gasteiger partial charge on any atom is 0.246 e. The molecule has 5 heteroatoms. The van der Waals surface area contributed by atoms with Gasteiger partial charge in [0.25, 0.3) is 0 Å². The summed E-state index contributed by atoms with van der Waals surface area (Å²) in [6, 6.07) is 15.6. The molecule has 0 N–H and O–H groups in total. The van der Waals surface area contributed by atoms with Crippen LogP contribution in [0.1, 0.15) is 11.1 Å². The molecule has 1 fully saturated rings. The van der Waals surface area contributed by atoms with Crippen molar-refractivity contribution in [3.63, 3.8) is 0 Å². The predicted molar refractivity (Wildman–Crippen MR) is 105 cm³/mol. The van der Waals surface area contributed by atoms with Crippen LogP contribution in [0.2, 0.25) is 5.02 Å². The van der Waals surface area contributed by atoms with E-state index >= 15 is 0 Å². The van der Waals surface area contributed by atoms with Gasteiger partial charge in [-0.15, -0.1) is 0 Å². The number of benzene rings is 2. The molecule has 0 radical (unpaired) electrons. The number of carbonyl (C=O) groups excluding carboxylic acids is 1. The number of nitrogens with zero attached hydrogens (tertiary/aromatic N) is 2. The SMILES string of the molecule is COc1ccc(CN2CCN(C(=O)/C=C/c3ccc(Cl)cc3)CC2)cc1. The van der Waals surface area contributed by atoms with E-state index in [4.69, 9.17) is 16.3 Å². The molecule has 0 aliphatic carbocycles. The van der Waals surface area contributed by atoms with E-state index in [2.05, 4.69) is 17.0 Å². The molecular weight excluding hydrogens is 348 g/mol. The summed E-state index contributed by atoms with van der Waals surface area (Å²) in [6.45, 7) is 4.16. The first-order valence-electron chi connectivity index (χ1n) is 8.72. The fourth-order valence-electron chi connectivity index (χ4n) is 2.96. The molecule has 3 rings (SSSR count). The average molecular weight is 371 g/mol. The molecule has 2 aromatic carbocycles. The van der Waals surface area contributed by atoms with Crippen LogP contribution in [0.3, 0.4) is 0 Å². The Morgan fingerprint density at radius 1 is 1.04 bits per heavy atom. The Morgan fingerprint density at radius 2 is 1.69 bits per heavy atom. The summed E-state index contributed by atoms with van der Waals surface area (Å²) in [4.78, 5) is 16.6. The molecule has 0 saturated carbocycles. The minimum absolute atomic E-state index is 0.0593. The van der Waals surface area contributed by atoms with Gasteiger partial charge in [-0.3, -0.25) is 9.69 Å². The van der Waals surface area contributed by atoms with Gasteiger partial charge in [0.05, 0.1) is 7.11 Å². The van der Waals surface area contributed by atoms with Gasteiger partial charge in [0.2, 0.25) is 5.91 Å². The molecule has 1 saturated heterocycles. The molecule has 4 nitrogen and oxygen atoms in total. The third-order valence-corrected chi connectivity index (χ3v) is 4.79. The zero-order valence-corrected chi connectivity index (χ0v) is 15.7. The van der Waals surface area contributed by atoms with Crippen molar-refractivity contribution < 1.29 is 9.53 Å². The fourth-order valence-corrected chi connectivity index (χ4v) is 3.09. The van der Waals surface area contributed by atoms with Crippen LogP contribution in [0.4, 0.5) is 0 Å². The monoisotopic (exact) mass is 370 g/mol. The molecular formula is C21H23ClN2O2. The number of ether oxygens (including phenoxy) is 1. The fraction of sp³-hybridized carbons (Fsp3) is 0.286. The molecule has 1 aliphatic rings. The van der Waals surface area contributed by atoms with Gasteiger partial charge in [-0.05, 0) is 41.5 Å². The highest BCUT2D eigenvalue weighted by Crippen LogP contribution is 2.15. The van der Waals surface area contributed by atoms with Gasteiger partial charge < -0.3 is 9.64 Å². The smallest absolute Gasteiger partial charge is 0.246 e. The van der Waals surface area contributed by atoms with E-state index in [0.717, 1.165) is 44.0 Å². The van der Waals surface area contributed by atoms with Crippen molar-refractivity contribution >= 4 is 23.6 Å². The maximum absolute atomic E-state index is 12.4. The van der Waals surface area contributed by atoms with Crippen LogP contribution < -0.4 is 4.74 Å². The van der Waals surface area contributed by atoms with Crippen LogP contribution in [0.15, 0.2) is 54.6 Å². The molecule has 1 aliphatic heterocycles. The first-order chi connectivity index (χ1) is 12.6. The molecule has 0 atom stereocenters. The quantitative estimate of drug-likeness (QED) is 0.752. The van der Waals surface area contributed by atoms with Gasteiger partial charge >= 0.3 is 0 Å². The molecule has 1 amide bonds. The van der Waals surface area contributed by atoms with Gasteiger partial charge in [0.1, 0.15) is 5.75 Å². The highest BCUT2D eigenvalue weighted by molar-refractivity contribution is 6.30.